The predicted molar refractivity (Wildman–Crippen MR) is 141 cm³/mol. The smallest absolute Gasteiger partial charge is 0.416 e. The second-order valence-electron chi connectivity index (χ2n) is 11.0. The van der Waals surface area contributed by atoms with E-state index >= 15 is 4.39 Å². The highest BCUT2D eigenvalue weighted by molar-refractivity contribution is 5.98. The van der Waals surface area contributed by atoms with E-state index in [1.165, 1.54) is 21.7 Å². The van der Waals surface area contributed by atoms with Crippen molar-refractivity contribution in [2.24, 2.45) is 5.41 Å². The molecule has 2 saturated heterocycles. The Kier molecular flexibility index (Phi) is 7.09. The van der Waals surface area contributed by atoms with Gasteiger partial charge >= 0.3 is 24.3 Å². The Morgan fingerprint density at radius 2 is 1.56 bits per heavy atom. The molecule has 0 unspecified atom stereocenters. The van der Waals surface area contributed by atoms with Crippen LogP contribution in [0.3, 0.4) is 0 Å². The van der Waals surface area contributed by atoms with E-state index in [4.69, 9.17) is 0 Å². The van der Waals surface area contributed by atoms with Crippen molar-refractivity contribution in [1.82, 2.24) is 30.1 Å². The standard InChI is InChI=1S/C27H22F7N7O4/c1-12-7-15(39-41-9-13(2)36-21(12)41)14-8-16-17(18(28)19(14)44-23(42)26(29,30)31)20(45-24(43)27(32,33)34)22(38-37-16)40-5-3-25(4-6-40)10-35-11-25/h7-9,35H,3-6,10-11H2,1-2H3. The Balaban J connectivity index is 1.57. The molecule has 1 aromatic carbocycles. The fourth-order valence-electron chi connectivity index (χ4n) is 5.47. The van der Waals surface area contributed by atoms with Gasteiger partial charge in [0.25, 0.3) is 0 Å². The number of fused-ring (bicyclic) bond motifs is 2. The average molecular weight is 642 g/mol. The zero-order valence-electron chi connectivity index (χ0n) is 23.4. The maximum absolute atomic E-state index is 16.5. The van der Waals surface area contributed by atoms with E-state index < -0.39 is 63.9 Å². The highest BCUT2D eigenvalue weighted by Crippen LogP contribution is 2.45. The lowest BCUT2D eigenvalue weighted by atomic mass is 9.73. The van der Waals surface area contributed by atoms with Crippen molar-refractivity contribution in [3.05, 3.63) is 35.4 Å². The summed E-state index contributed by atoms with van der Waals surface area (Å²) in [7, 11) is 0. The molecule has 1 N–H and O–H groups in total. The molecule has 0 saturated carbocycles. The van der Waals surface area contributed by atoms with Gasteiger partial charge in [-0.1, -0.05) is 0 Å². The molecule has 3 aromatic heterocycles. The highest BCUT2D eigenvalue weighted by atomic mass is 19.4. The second-order valence-corrected chi connectivity index (χ2v) is 11.0. The molecule has 4 aromatic rings. The maximum atomic E-state index is 16.5. The molecular weight excluding hydrogens is 619 g/mol. The third-order valence-electron chi connectivity index (χ3n) is 7.87. The van der Waals surface area contributed by atoms with Crippen LogP contribution in [0, 0.1) is 25.1 Å². The number of halogens is 7. The molecule has 6 rings (SSSR count). The predicted octanol–water partition coefficient (Wildman–Crippen LogP) is 4.22. The van der Waals surface area contributed by atoms with Crippen molar-refractivity contribution >= 4 is 34.3 Å². The number of aryl methyl sites for hydroxylation is 2. The van der Waals surface area contributed by atoms with Crippen molar-refractivity contribution < 1.29 is 49.8 Å². The fourth-order valence-corrected chi connectivity index (χ4v) is 5.47. The first kappa shape index (κ1) is 30.4. The third kappa shape index (κ3) is 5.46. The number of hydrogen-bond acceptors (Lipinski definition) is 10. The Morgan fingerprint density at radius 3 is 2.13 bits per heavy atom. The third-order valence-corrected chi connectivity index (χ3v) is 7.87. The number of alkyl halides is 6. The molecule has 2 fully saturated rings. The van der Waals surface area contributed by atoms with Crippen molar-refractivity contribution in [1.29, 1.82) is 0 Å². The maximum Gasteiger partial charge on any atom is 0.491 e. The van der Waals surface area contributed by atoms with Gasteiger partial charge in [-0.25, -0.2) is 23.5 Å². The van der Waals surface area contributed by atoms with Crippen LogP contribution in [0.1, 0.15) is 24.1 Å². The molecule has 0 bridgehead atoms. The molecule has 11 nitrogen and oxygen atoms in total. The van der Waals surface area contributed by atoms with Gasteiger partial charge in [0.2, 0.25) is 0 Å². The van der Waals surface area contributed by atoms with Gasteiger partial charge in [0.05, 0.1) is 28.5 Å². The summed E-state index contributed by atoms with van der Waals surface area (Å²) in [5.41, 5.74) is 0.0947. The van der Waals surface area contributed by atoms with Crippen molar-refractivity contribution in [2.45, 2.75) is 39.0 Å². The molecule has 5 heterocycles. The van der Waals surface area contributed by atoms with Crippen LogP contribution in [0.5, 0.6) is 11.5 Å². The van der Waals surface area contributed by atoms with E-state index in [1.54, 1.807) is 13.8 Å². The van der Waals surface area contributed by atoms with Gasteiger partial charge in [0, 0.05) is 26.2 Å². The van der Waals surface area contributed by atoms with E-state index in [9.17, 15) is 35.9 Å². The van der Waals surface area contributed by atoms with Gasteiger partial charge in [-0.2, -0.15) is 31.4 Å². The summed E-state index contributed by atoms with van der Waals surface area (Å²) < 4.78 is 107. The monoisotopic (exact) mass is 641 g/mol. The fraction of sp³-hybridized carbons (Fsp3) is 0.407. The van der Waals surface area contributed by atoms with Gasteiger partial charge < -0.3 is 19.7 Å². The number of anilines is 1. The van der Waals surface area contributed by atoms with E-state index in [-0.39, 0.29) is 24.2 Å². The summed E-state index contributed by atoms with van der Waals surface area (Å²) in [6, 6.07) is 2.26. The summed E-state index contributed by atoms with van der Waals surface area (Å²) in [6.45, 7) is 5.15. The number of aromatic nitrogens is 5. The van der Waals surface area contributed by atoms with Crippen LogP contribution in [0.25, 0.3) is 27.8 Å². The number of rotatable bonds is 4. The molecule has 45 heavy (non-hydrogen) atoms. The van der Waals surface area contributed by atoms with Crippen LogP contribution in [-0.4, -0.2) is 75.3 Å². The van der Waals surface area contributed by atoms with Crippen molar-refractivity contribution in [2.75, 3.05) is 31.1 Å². The largest absolute Gasteiger partial charge is 0.491 e. The summed E-state index contributed by atoms with van der Waals surface area (Å²) >= 11 is 0. The average Bonchev–Trinajstić information content (AvgIpc) is 3.33. The number of carbonyl (C=O) groups is 2. The zero-order valence-corrected chi connectivity index (χ0v) is 23.4. The highest BCUT2D eigenvalue weighted by Gasteiger charge is 2.45. The molecule has 238 valence electrons. The Bertz CT molecular complexity index is 1860. The number of benzene rings is 1. The number of nitrogens with one attached hydrogen (secondary N) is 1. The molecule has 2 aliphatic rings. The SMILES string of the molecule is Cc1cn2nc(-c3cc4nnc(N5CCC6(CC5)CNC6)c(OC(=O)C(F)(F)F)c4c(F)c3OC(=O)C(F)(F)F)cc(C)c2n1. The van der Waals surface area contributed by atoms with Gasteiger partial charge in [0.1, 0.15) is 5.52 Å². The van der Waals surface area contributed by atoms with E-state index in [1.807, 2.05) is 0 Å². The van der Waals surface area contributed by atoms with Crippen molar-refractivity contribution in [3.8, 4) is 22.8 Å². The molecule has 18 heteroatoms. The van der Waals surface area contributed by atoms with Crippen LogP contribution in [0.4, 0.5) is 36.6 Å². The molecule has 1 spiro atoms. The normalized spacial score (nSPS) is 16.7. The number of ether oxygens (including phenoxy) is 2. The number of nitrogens with zero attached hydrogens (tertiary/aromatic N) is 6. The van der Waals surface area contributed by atoms with E-state index in [0.717, 1.165) is 19.2 Å². The van der Waals surface area contributed by atoms with Crippen molar-refractivity contribution in [3.63, 3.8) is 0 Å². The number of imidazole rings is 1. The number of hydrogen-bond donors (Lipinski definition) is 1. The number of esters is 2. The topological polar surface area (TPSA) is 124 Å². The minimum atomic E-state index is -5.58. The van der Waals surface area contributed by atoms with Gasteiger partial charge in [-0.15, -0.1) is 10.2 Å². The Morgan fingerprint density at radius 1 is 0.933 bits per heavy atom. The molecule has 0 aliphatic carbocycles. The van der Waals surface area contributed by atoms with Gasteiger partial charge in [0.15, 0.2) is 28.8 Å². The second kappa shape index (κ2) is 10.5. The molecular formula is C27H22F7N7O4. The lowest BCUT2D eigenvalue weighted by Crippen LogP contribution is -2.58. The minimum absolute atomic E-state index is 0.0390. The lowest BCUT2D eigenvalue weighted by molar-refractivity contribution is -0.189. The molecule has 2 aliphatic heterocycles. The first-order valence-corrected chi connectivity index (χ1v) is 13.5. The zero-order chi connectivity index (χ0) is 32.5. The molecule has 0 atom stereocenters. The summed E-state index contributed by atoms with van der Waals surface area (Å²) in [5, 5.41) is 14.3. The van der Waals surface area contributed by atoms with Gasteiger partial charge in [-0.05, 0) is 49.8 Å². The molecule has 0 radical (unpaired) electrons. The quantitative estimate of drug-likeness (QED) is 0.197. The van der Waals surface area contributed by atoms with Crippen LogP contribution in [0.2, 0.25) is 0 Å². The van der Waals surface area contributed by atoms with E-state index in [2.05, 4.69) is 35.1 Å². The summed E-state index contributed by atoms with van der Waals surface area (Å²) in [4.78, 5) is 29.7. The number of piperidine rings is 1. The van der Waals surface area contributed by atoms with E-state index in [0.29, 0.717) is 29.7 Å². The first-order chi connectivity index (χ1) is 21.1. The minimum Gasteiger partial charge on any atom is -0.416 e. The Labute approximate surface area is 248 Å². The molecule has 0 amide bonds. The van der Waals surface area contributed by atoms with Crippen LogP contribution < -0.4 is 19.7 Å². The van der Waals surface area contributed by atoms with Crippen LogP contribution in [0.15, 0.2) is 18.3 Å². The number of carbonyl (C=O) groups excluding carboxylic acids is 2. The first-order valence-electron chi connectivity index (χ1n) is 13.5. The van der Waals surface area contributed by atoms with Crippen LogP contribution >= 0.6 is 0 Å². The summed E-state index contributed by atoms with van der Waals surface area (Å²) in [6.07, 6.45) is -8.49. The summed E-state index contributed by atoms with van der Waals surface area (Å²) in [5.74, 6) is -10.1. The van der Waals surface area contributed by atoms with Crippen LogP contribution in [-0.2, 0) is 9.59 Å². The van der Waals surface area contributed by atoms with Gasteiger partial charge in [-0.3, -0.25) is 0 Å². The Hall–Kier alpha value is -4.61. The lowest BCUT2D eigenvalue weighted by Gasteiger charge is -2.48.